The third-order valence-electron chi connectivity index (χ3n) is 4.47. The van der Waals surface area contributed by atoms with Gasteiger partial charge in [0.1, 0.15) is 0 Å². The lowest BCUT2D eigenvalue weighted by Crippen LogP contribution is -2.56. The van der Waals surface area contributed by atoms with Crippen LogP contribution in [0, 0.1) is 5.92 Å². The molecule has 0 bridgehead atoms. The molecule has 1 heterocycles. The zero-order chi connectivity index (χ0) is 12.5. The van der Waals surface area contributed by atoms with Crippen molar-refractivity contribution in [3.63, 3.8) is 0 Å². The summed E-state index contributed by atoms with van der Waals surface area (Å²) in [7, 11) is 0. The van der Waals surface area contributed by atoms with Crippen LogP contribution in [0.1, 0.15) is 32.6 Å². The van der Waals surface area contributed by atoms with E-state index in [9.17, 15) is 13.2 Å². The first-order valence-electron chi connectivity index (χ1n) is 6.50. The normalized spacial score (nSPS) is 30.7. The number of nitrogens with zero attached hydrogens (tertiary/aromatic N) is 1. The Bertz CT molecular complexity index is 255. The number of hydrogen-bond acceptors (Lipinski definition) is 2. The third-order valence-corrected chi connectivity index (χ3v) is 4.47. The van der Waals surface area contributed by atoms with Gasteiger partial charge in [-0.25, -0.2) is 0 Å². The maximum atomic E-state index is 12.8. The molecule has 0 aromatic heterocycles. The predicted octanol–water partition coefficient (Wildman–Crippen LogP) is 2.40. The molecule has 1 unspecified atom stereocenters. The van der Waals surface area contributed by atoms with Crippen molar-refractivity contribution >= 4 is 0 Å². The van der Waals surface area contributed by atoms with E-state index in [-0.39, 0.29) is 18.6 Å². The fraction of sp³-hybridized carbons (Fsp3) is 1.00. The van der Waals surface area contributed by atoms with Gasteiger partial charge in [0.05, 0.1) is 5.92 Å². The molecule has 5 heteroatoms. The lowest BCUT2D eigenvalue weighted by atomic mass is 9.73. The fourth-order valence-corrected chi connectivity index (χ4v) is 3.04. The molecule has 17 heavy (non-hydrogen) atoms. The summed E-state index contributed by atoms with van der Waals surface area (Å²) in [6.07, 6.45) is 0.183. The van der Waals surface area contributed by atoms with Gasteiger partial charge in [-0.1, -0.05) is 6.92 Å². The first-order valence-corrected chi connectivity index (χ1v) is 6.50. The molecule has 0 spiro atoms. The van der Waals surface area contributed by atoms with Gasteiger partial charge in [-0.05, 0) is 25.7 Å². The van der Waals surface area contributed by atoms with Crippen LogP contribution < -0.4 is 5.32 Å². The maximum Gasteiger partial charge on any atom is 0.394 e. The number of halogens is 3. The molecule has 1 saturated heterocycles. The highest BCUT2D eigenvalue weighted by atomic mass is 19.4. The molecule has 1 atom stereocenters. The maximum absolute atomic E-state index is 12.8. The van der Waals surface area contributed by atoms with E-state index in [2.05, 4.69) is 17.1 Å². The van der Waals surface area contributed by atoms with E-state index in [1.54, 1.807) is 0 Å². The van der Waals surface area contributed by atoms with Gasteiger partial charge in [0.15, 0.2) is 0 Å². The highest BCUT2D eigenvalue weighted by Gasteiger charge is 2.47. The first-order chi connectivity index (χ1) is 7.98. The zero-order valence-electron chi connectivity index (χ0n) is 10.3. The second-order valence-electron chi connectivity index (χ2n) is 5.32. The Kier molecular flexibility index (Phi) is 3.69. The molecule has 2 aliphatic rings. The minimum atomic E-state index is -4.08. The van der Waals surface area contributed by atoms with E-state index in [1.807, 2.05) is 0 Å². The van der Waals surface area contributed by atoms with Gasteiger partial charge >= 0.3 is 6.18 Å². The molecule has 100 valence electrons. The molecular formula is C12H21F3N2. The molecule has 2 fully saturated rings. The molecule has 0 aromatic rings. The van der Waals surface area contributed by atoms with Gasteiger partial charge in [0.2, 0.25) is 0 Å². The van der Waals surface area contributed by atoms with Crippen LogP contribution in [0.4, 0.5) is 13.2 Å². The van der Waals surface area contributed by atoms with Crippen LogP contribution in [-0.4, -0.2) is 42.8 Å². The number of rotatable bonds is 2. The summed E-state index contributed by atoms with van der Waals surface area (Å²) in [6.45, 7) is 3.76. The summed E-state index contributed by atoms with van der Waals surface area (Å²) in [6, 6.07) is 0. The minimum Gasteiger partial charge on any atom is -0.315 e. The van der Waals surface area contributed by atoms with Crippen molar-refractivity contribution < 1.29 is 13.2 Å². The monoisotopic (exact) mass is 250 g/mol. The average molecular weight is 250 g/mol. The van der Waals surface area contributed by atoms with Gasteiger partial charge < -0.3 is 5.32 Å². The van der Waals surface area contributed by atoms with E-state index in [0.717, 1.165) is 32.2 Å². The summed E-state index contributed by atoms with van der Waals surface area (Å²) in [5.74, 6) is -1.21. The second-order valence-corrected chi connectivity index (χ2v) is 5.32. The molecule has 2 rings (SSSR count). The van der Waals surface area contributed by atoms with Gasteiger partial charge in [-0.3, -0.25) is 4.90 Å². The van der Waals surface area contributed by atoms with Crippen LogP contribution >= 0.6 is 0 Å². The number of alkyl halides is 3. The lowest BCUT2D eigenvalue weighted by Gasteiger charge is -2.50. The summed E-state index contributed by atoms with van der Waals surface area (Å²) in [5, 5.41) is 2.92. The molecule has 1 aliphatic carbocycles. The number of nitrogens with one attached hydrogen (secondary N) is 1. The Morgan fingerprint density at radius 1 is 1.35 bits per heavy atom. The number of hydrogen-bond donors (Lipinski definition) is 1. The molecule has 1 saturated carbocycles. The van der Waals surface area contributed by atoms with Crippen molar-refractivity contribution in [1.82, 2.24) is 10.2 Å². The molecule has 0 amide bonds. The molecule has 0 radical (unpaired) electrons. The summed E-state index contributed by atoms with van der Waals surface area (Å²) in [4.78, 5) is 2.09. The third kappa shape index (κ3) is 2.60. The van der Waals surface area contributed by atoms with Crippen molar-refractivity contribution in [2.75, 3.05) is 26.2 Å². The highest BCUT2D eigenvalue weighted by molar-refractivity contribution is 4.99. The summed E-state index contributed by atoms with van der Waals surface area (Å²) >= 11 is 0. The van der Waals surface area contributed by atoms with Crippen molar-refractivity contribution in [2.45, 2.75) is 44.3 Å². The van der Waals surface area contributed by atoms with E-state index in [1.165, 1.54) is 0 Å². The largest absolute Gasteiger partial charge is 0.394 e. The summed E-state index contributed by atoms with van der Waals surface area (Å²) in [5.41, 5.74) is 0.0650. The zero-order valence-corrected chi connectivity index (χ0v) is 10.3. The molecule has 0 aromatic carbocycles. The average Bonchev–Trinajstić information content (AvgIpc) is 2.42. The van der Waals surface area contributed by atoms with E-state index < -0.39 is 12.1 Å². The van der Waals surface area contributed by atoms with Crippen LogP contribution in [0.5, 0.6) is 0 Å². The predicted molar refractivity (Wildman–Crippen MR) is 60.9 cm³/mol. The Morgan fingerprint density at radius 3 is 2.53 bits per heavy atom. The molecular weight excluding hydrogens is 229 g/mol. The fourth-order valence-electron chi connectivity index (χ4n) is 3.04. The first kappa shape index (κ1) is 13.1. The van der Waals surface area contributed by atoms with Gasteiger partial charge in [0.25, 0.3) is 0 Å². The quantitative estimate of drug-likeness (QED) is 0.809. The van der Waals surface area contributed by atoms with Crippen LogP contribution in [0.3, 0.4) is 0 Å². The van der Waals surface area contributed by atoms with Gasteiger partial charge in [-0.15, -0.1) is 0 Å². The van der Waals surface area contributed by atoms with Gasteiger partial charge in [-0.2, -0.15) is 13.2 Å². The van der Waals surface area contributed by atoms with Crippen LogP contribution in [0.25, 0.3) is 0 Å². The van der Waals surface area contributed by atoms with E-state index in [4.69, 9.17) is 0 Å². The van der Waals surface area contributed by atoms with Crippen LogP contribution in [0.15, 0.2) is 0 Å². The smallest absolute Gasteiger partial charge is 0.315 e. The topological polar surface area (TPSA) is 15.3 Å². The molecule has 2 nitrogen and oxygen atoms in total. The lowest BCUT2D eigenvalue weighted by molar-refractivity contribution is -0.181. The van der Waals surface area contributed by atoms with E-state index >= 15 is 0 Å². The van der Waals surface area contributed by atoms with Gasteiger partial charge in [0, 0.05) is 31.7 Å². The van der Waals surface area contributed by atoms with Crippen molar-refractivity contribution in [2.24, 2.45) is 5.92 Å². The van der Waals surface area contributed by atoms with Crippen LogP contribution in [-0.2, 0) is 0 Å². The Balaban J connectivity index is 2.07. The minimum absolute atomic E-state index is 0.0650. The standard InChI is InChI=1S/C12H21F3N2/c1-2-11(4-3-5-11)17-7-6-16-8-10(9-17)12(13,14)15/h10,16H,2-9H2,1H3. The molecule has 1 N–H and O–H groups in total. The van der Waals surface area contributed by atoms with Crippen molar-refractivity contribution in [3.05, 3.63) is 0 Å². The van der Waals surface area contributed by atoms with Crippen molar-refractivity contribution in [3.8, 4) is 0 Å². The Labute approximate surface area is 101 Å². The van der Waals surface area contributed by atoms with Crippen molar-refractivity contribution in [1.29, 1.82) is 0 Å². The summed E-state index contributed by atoms with van der Waals surface area (Å²) < 4.78 is 38.5. The van der Waals surface area contributed by atoms with E-state index in [0.29, 0.717) is 6.54 Å². The second kappa shape index (κ2) is 4.76. The highest BCUT2D eigenvalue weighted by Crippen LogP contribution is 2.42. The SMILES string of the molecule is CCC1(N2CCNCC(C(F)(F)F)C2)CCC1. The molecule has 1 aliphatic heterocycles. The Hall–Kier alpha value is -0.290. The van der Waals surface area contributed by atoms with Crippen LogP contribution in [0.2, 0.25) is 0 Å². The Morgan fingerprint density at radius 2 is 2.06 bits per heavy atom.